The van der Waals surface area contributed by atoms with Crippen LogP contribution in [-0.4, -0.2) is 97.5 Å². The van der Waals surface area contributed by atoms with Gasteiger partial charge in [-0.1, -0.05) is 31.0 Å². The molecule has 1 aromatic carbocycles. The number of amidine groups is 2. The van der Waals surface area contributed by atoms with E-state index in [0.29, 0.717) is 23.9 Å². The van der Waals surface area contributed by atoms with Crippen molar-refractivity contribution in [1.29, 1.82) is 0 Å². The van der Waals surface area contributed by atoms with Gasteiger partial charge in [-0.2, -0.15) is 5.10 Å². The first kappa shape index (κ1) is 24.9. The standard InChI is InChI=1S/C24H36ClN7O2/c1-4-5-19-22-23(31(2)30-19)24(27-13-16-6-7-20(34-3)18(25)12-16)29-21(28-22)15-32-10-9-26-14-17(32)8-11-33/h6-7,12,17,22-23,26,33H,4-5,8-11,13-15H2,1-3H3,(H,27,28,29). The minimum Gasteiger partial charge on any atom is -0.495 e. The molecule has 1 fully saturated rings. The number of benzene rings is 1. The van der Waals surface area contributed by atoms with E-state index < -0.39 is 0 Å². The molecule has 0 saturated carbocycles. The van der Waals surface area contributed by atoms with Crippen LogP contribution in [0.4, 0.5) is 0 Å². The van der Waals surface area contributed by atoms with E-state index in [4.69, 9.17) is 31.4 Å². The first-order valence-corrected chi connectivity index (χ1v) is 12.5. The molecule has 3 heterocycles. The van der Waals surface area contributed by atoms with Crippen LogP contribution in [0.15, 0.2) is 33.3 Å². The van der Waals surface area contributed by atoms with Crippen molar-refractivity contribution in [1.82, 2.24) is 20.5 Å². The van der Waals surface area contributed by atoms with E-state index in [9.17, 15) is 5.11 Å². The molecule has 3 unspecified atom stereocenters. The Hall–Kier alpha value is -2.20. The summed E-state index contributed by atoms with van der Waals surface area (Å²) in [5, 5.41) is 23.9. The Morgan fingerprint density at radius 2 is 2.21 bits per heavy atom. The molecule has 10 heteroatoms. The number of likely N-dealkylation sites (N-methyl/N-ethyl adjacent to an activating group) is 1. The van der Waals surface area contributed by atoms with Crippen molar-refractivity contribution in [2.45, 2.75) is 50.9 Å². The molecule has 0 bridgehead atoms. The molecule has 3 aliphatic heterocycles. The number of aliphatic hydroxyl groups excluding tert-OH is 1. The maximum Gasteiger partial charge on any atom is 0.137 e. The van der Waals surface area contributed by atoms with Crippen LogP contribution in [0.25, 0.3) is 0 Å². The van der Waals surface area contributed by atoms with E-state index in [1.807, 2.05) is 30.3 Å². The van der Waals surface area contributed by atoms with E-state index in [1.165, 1.54) is 0 Å². The number of rotatable bonds is 9. The zero-order valence-electron chi connectivity index (χ0n) is 20.3. The topological polar surface area (TPSA) is 97.1 Å². The third-order valence-electron chi connectivity index (χ3n) is 6.62. The number of aliphatic imine (C=N–C) groups is 2. The highest BCUT2D eigenvalue weighted by Gasteiger charge is 2.42. The predicted octanol–water partition coefficient (Wildman–Crippen LogP) is 1.74. The number of hydrogen-bond acceptors (Lipinski definition) is 8. The lowest BCUT2D eigenvalue weighted by atomic mass is 9.98. The van der Waals surface area contributed by atoms with Crippen LogP contribution in [0.3, 0.4) is 0 Å². The first-order chi connectivity index (χ1) is 16.5. The Kier molecular flexibility index (Phi) is 8.41. The summed E-state index contributed by atoms with van der Waals surface area (Å²) in [5.74, 6) is 2.45. The lowest BCUT2D eigenvalue weighted by Gasteiger charge is -2.38. The Bertz CT molecular complexity index is 949. The monoisotopic (exact) mass is 489 g/mol. The first-order valence-electron chi connectivity index (χ1n) is 12.1. The van der Waals surface area contributed by atoms with Gasteiger partial charge in [0.1, 0.15) is 29.5 Å². The number of ether oxygens (including phenoxy) is 1. The molecule has 0 aromatic heterocycles. The van der Waals surface area contributed by atoms with Gasteiger partial charge in [-0.25, -0.2) is 0 Å². The van der Waals surface area contributed by atoms with Gasteiger partial charge >= 0.3 is 0 Å². The predicted molar refractivity (Wildman–Crippen MR) is 137 cm³/mol. The molecule has 1 saturated heterocycles. The highest BCUT2D eigenvalue weighted by molar-refractivity contribution is 6.32. The molecular formula is C24H36ClN7O2. The van der Waals surface area contributed by atoms with Gasteiger partial charge in [0, 0.05) is 39.3 Å². The molecular weight excluding hydrogens is 454 g/mol. The summed E-state index contributed by atoms with van der Waals surface area (Å²) in [4.78, 5) is 12.5. The smallest absolute Gasteiger partial charge is 0.137 e. The van der Waals surface area contributed by atoms with Crippen LogP contribution in [0.1, 0.15) is 31.7 Å². The van der Waals surface area contributed by atoms with Gasteiger partial charge in [0.15, 0.2) is 0 Å². The van der Waals surface area contributed by atoms with E-state index in [1.54, 1.807) is 7.11 Å². The van der Waals surface area contributed by atoms with Crippen LogP contribution in [0.5, 0.6) is 5.75 Å². The van der Waals surface area contributed by atoms with Crippen LogP contribution >= 0.6 is 11.6 Å². The minimum absolute atomic E-state index is 0.0291. The number of aliphatic hydroxyl groups is 1. The molecule has 4 rings (SSSR count). The van der Waals surface area contributed by atoms with Crippen molar-refractivity contribution in [2.24, 2.45) is 15.1 Å². The van der Waals surface area contributed by atoms with Crippen LogP contribution in [0, 0.1) is 0 Å². The fraction of sp³-hybridized carbons (Fsp3) is 0.625. The number of piperazine rings is 1. The molecule has 34 heavy (non-hydrogen) atoms. The highest BCUT2D eigenvalue weighted by atomic mass is 35.5. The number of nitrogens with zero attached hydrogens (tertiary/aromatic N) is 5. The van der Waals surface area contributed by atoms with E-state index >= 15 is 0 Å². The molecule has 0 spiro atoms. The van der Waals surface area contributed by atoms with Gasteiger partial charge in [-0.05, 0) is 30.5 Å². The normalized spacial score (nSPS) is 26.2. The molecule has 0 radical (unpaired) electrons. The van der Waals surface area contributed by atoms with Gasteiger partial charge in [0.2, 0.25) is 0 Å². The molecule has 3 aliphatic rings. The number of methoxy groups -OCH3 is 1. The zero-order valence-corrected chi connectivity index (χ0v) is 21.1. The van der Waals surface area contributed by atoms with Gasteiger partial charge in [0.25, 0.3) is 0 Å². The van der Waals surface area contributed by atoms with Crippen LogP contribution in [0.2, 0.25) is 5.02 Å². The molecule has 1 aromatic rings. The molecule has 3 atom stereocenters. The third kappa shape index (κ3) is 5.54. The molecule has 9 nitrogen and oxygen atoms in total. The molecule has 186 valence electrons. The maximum atomic E-state index is 9.50. The van der Waals surface area contributed by atoms with E-state index in [-0.39, 0.29) is 24.7 Å². The summed E-state index contributed by atoms with van der Waals surface area (Å²) in [5.41, 5.74) is 2.13. The second-order valence-corrected chi connectivity index (χ2v) is 9.42. The molecule has 0 aliphatic carbocycles. The average Bonchev–Trinajstić information content (AvgIpc) is 3.14. The Morgan fingerprint density at radius 1 is 1.35 bits per heavy atom. The Balaban J connectivity index is 1.57. The second kappa shape index (κ2) is 11.5. The number of nitrogens with one attached hydrogen (secondary N) is 2. The highest BCUT2D eigenvalue weighted by Crippen LogP contribution is 2.27. The SMILES string of the molecule is CCCC1=NN(C)C2C(=NCc3ccc(OC)c(Cl)c3)NC(CN3CCNCC3CCO)=NC12. The quantitative estimate of drug-likeness (QED) is 0.489. The van der Waals surface area contributed by atoms with Crippen molar-refractivity contribution in [3.8, 4) is 5.75 Å². The lowest BCUT2D eigenvalue weighted by molar-refractivity contribution is 0.146. The van der Waals surface area contributed by atoms with E-state index in [0.717, 1.165) is 61.8 Å². The summed E-state index contributed by atoms with van der Waals surface area (Å²) in [7, 11) is 3.61. The van der Waals surface area contributed by atoms with Crippen molar-refractivity contribution in [3.63, 3.8) is 0 Å². The fourth-order valence-corrected chi connectivity index (χ4v) is 5.17. The summed E-state index contributed by atoms with van der Waals surface area (Å²) in [6.45, 7) is 6.29. The summed E-state index contributed by atoms with van der Waals surface area (Å²) in [6.07, 6.45) is 2.70. The zero-order chi connectivity index (χ0) is 24.1. The van der Waals surface area contributed by atoms with Crippen LogP contribution < -0.4 is 15.4 Å². The van der Waals surface area contributed by atoms with E-state index in [2.05, 4.69) is 22.5 Å². The van der Waals surface area contributed by atoms with Crippen molar-refractivity contribution >= 4 is 29.0 Å². The van der Waals surface area contributed by atoms with Gasteiger partial charge < -0.3 is 20.5 Å². The van der Waals surface area contributed by atoms with Gasteiger partial charge in [-0.15, -0.1) is 0 Å². The van der Waals surface area contributed by atoms with Crippen molar-refractivity contribution in [2.75, 3.05) is 46.9 Å². The molecule has 0 amide bonds. The summed E-state index contributed by atoms with van der Waals surface area (Å²) < 4.78 is 5.27. The second-order valence-electron chi connectivity index (χ2n) is 9.02. The lowest BCUT2D eigenvalue weighted by Crippen LogP contribution is -2.59. The maximum absolute atomic E-state index is 9.50. The number of fused-ring (bicyclic) bond motifs is 1. The largest absolute Gasteiger partial charge is 0.495 e. The van der Waals surface area contributed by atoms with Gasteiger partial charge in [0.05, 0.1) is 30.9 Å². The third-order valence-corrected chi connectivity index (χ3v) is 6.91. The number of halogens is 1. The van der Waals surface area contributed by atoms with Crippen molar-refractivity contribution < 1.29 is 9.84 Å². The van der Waals surface area contributed by atoms with Crippen molar-refractivity contribution in [3.05, 3.63) is 28.8 Å². The van der Waals surface area contributed by atoms with Crippen LogP contribution in [-0.2, 0) is 6.54 Å². The Labute approximate surface area is 206 Å². The number of hydrogen-bond donors (Lipinski definition) is 3. The summed E-state index contributed by atoms with van der Waals surface area (Å²) >= 11 is 6.32. The average molecular weight is 490 g/mol. The Morgan fingerprint density at radius 3 is 2.94 bits per heavy atom. The molecule has 3 N–H and O–H groups in total. The van der Waals surface area contributed by atoms with Gasteiger partial charge in [-0.3, -0.25) is 19.9 Å². The minimum atomic E-state index is -0.0321. The number of hydrazone groups is 1. The fourth-order valence-electron chi connectivity index (χ4n) is 4.89. The summed E-state index contributed by atoms with van der Waals surface area (Å²) in [6, 6.07) is 5.99.